The van der Waals surface area contributed by atoms with Gasteiger partial charge >= 0.3 is 6.09 Å². The standard InChI is InChI=1S/C30H37BrN2O3/c1-29(2,3)36-28(35)33-19-26(30(20-33)15-7-10-23-18-24(31)11-12-25(23)30)27(34)32-16-13-22(14-17-32)21-8-5-4-6-9-21/h4-6,8-9,11-12,18,22,26H,7,10,13-17,19-20H2,1-3H3/t26-,30-/m0/s1. The minimum absolute atomic E-state index is 0.198. The molecule has 192 valence electrons. The number of aryl methyl sites for hydroxylation is 1. The highest BCUT2D eigenvalue weighted by Crippen LogP contribution is 2.49. The fraction of sp³-hybridized carbons (Fsp3) is 0.533. The topological polar surface area (TPSA) is 49.9 Å². The first-order valence-electron chi connectivity index (χ1n) is 13.3. The van der Waals surface area contributed by atoms with Crippen molar-refractivity contribution in [3.63, 3.8) is 0 Å². The molecule has 2 atom stereocenters. The van der Waals surface area contributed by atoms with E-state index in [0.717, 1.165) is 49.7 Å². The van der Waals surface area contributed by atoms with Crippen molar-refractivity contribution < 1.29 is 14.3 Å². The molecule has 0 bridgehead atoms. The normalized spacial score (nSPS) is 24.6. The van der Waals surface area contributed by atoms with Crippen LogP contribution < -0.4 is 0 Å². The van der Waals surface area contributed by atoms with Crippen LogP contribution in [0.25, 0.3) is 0 Å². The summed E-state index contributed by atoms with van der Waals surface area (Å²) in [6.07, 6.45) is 4.59. The molecular weight excluding hydrogens is 516 g/mol. The van der Waals surface area contributed by atoms with Crippen LogP contribution in [0.4, 0.5) is 4.79 Å². The van der Waals surface area contributed by atoms with Crippen LogP contribution in [0.5, 0.6) is 0 Å². The molecule has 2 aliphatic heterocycles. The van der Waals surface area contributed by atoms with Crippen LogP contribution in [0.15, 0.2) is 53.0 Å². The van der Waals surface area contributed by atoms with E-state index in [1.807, 2.05) is 20.8 Å². The number of fused-ring (bicyclic) bond motifs is 2. The van der Waals surface area contributed by atoms with Gasteiger partial charge in [-0.25, -0.2) is 4.79 Å². The summed E-state index contributed by atoms with van der Waals surface area (Å²) >= 11 is 3.63. The Morgan fingerprint density at radius 3 is 2.44 bits per heavy atom. The van der Waals surface area contributed by atoms with Crippen molar-refractivity contribution >= 4 is 27.9 Å². The van der Waals surface area contributed by atoms with Crippen LogP contribution in [0.2, 0.25) is 0 Å². The van der Waals surface area contributed by atoms with E-state index in [1.165, 1.54) is 16.7 Å². The number of benzene rings is 2. The van der Waals surface area contributed by atoms with Crippen LogP contribution in [-0.4, -0.2) is 53.6 Å². The molecule has 1 spiro atoms. The molecular formula is C30H37BrN2O3. The number of halogens is 1. The van der Waals surface area contributed by atoms with Crippen molar-refractivity contribution in [2.24, 2.45) is 5.92 Å². The molecule has 3 aliphatic rings. The number of hydrogen-bond donors (Lipinski definition) is 0. The lowest BCUT2D eigenvalue weighted by molar-refractivity contribution is -0.138. The van der Waals surface area contributed by atoms with Crippen molar-refractivity contribution in [2.75, 3.05) is 26.2 Å². The third kappa shape index (κ3) is 4.93. The average molecular weight is 554 g/mol. The number of carbonyl (C=O) groups is 2. The number of rotatable bonds is 2. The third-order valence-corrected chi connectivity index (χ3v) is 8.74. The minimum atomic E-state index is -0.568. The first kappa shape index (κ1) is 25.3. The second kappa shape index (κ2) is 9.85. The molecule has 0 saturated carbocycles. The molecule has 2 aromatic rings. The van der Waals surface area contributed by atoms with E-state index in [-0.39, 0.29) is 23.3 Å². The predicted octanol–water partition coefficient (Wildman–Crippen LogP) is 6.30. The second-order valence-corrected chi connectivity index (χ2v) is 12.7. The van der Waals surface area contributed by atoms with E-state index in [0.29, 0.717) is 19.0 Å². The largest absolute Gasteiger partial charge is 0.444 e. The highest BCUT2D eigenvalue weighted by molar-refractivity contribution is 9.10. The number of ether oxygens (including phenoxy) is 1. The number of carbonyl (C=O) groups excluding carboxylic acids is 2. The molecule has 0 N–H and O–H groups in total. The molecule has 2 heterocycles. The van der Waals surface area contributed by atoms with Crippen LogP contribution in [0.3, 0.4) is 0 Å². The SMILES string of the molecule is CC(C)(C)OC(=O)N1C[C@@H](C(=O)N2CCC(c3ccccc3)CC2)[C@@]2(CCCc3cc(Br)ccc32)C1. The fourth-order valence-corrected chi connectivity index (χ4v) is 6.99. The van der Waals surface area contributed by atoms with E-state index in [2.05, 4.69) is 69.4 Å². The van der Waals surface area contributed by atoms with Crippen LogP contribution in [-0.2, 0) is 21.4 Å². The lowest BCUT2D eigenvalue weighted by Crippen LogP contribution is -2.49. The number of hydrogen-bond acceptors (Lipinski definition) is 3. The molecule has 36 heavy (non-hydrogen) atoms. The zero-order valence-electron chi connectivity index (χ0n) is 21.6. The zero-order valence-corrected chi connectivity index (χ0v) is 23.2. The molecule has 2 amide bonds. The Balaban J connectivity index is 1.41. The maximum absolute atomic E-state index is 14.2. The van der Waals surface area contributed by atoms with Crippen LogP contribution in [0, 0.1) is 5.92 Å². The molecule has 5 nitrogen and oxygen atoms in total. The summed E-state index contributed by atoms with van der Waals surface area (Å²) in [5, 5.41) is 0. The molecule has 0 aromatic heterocycles. The Morgan fingerprint density at radius 2 is 1.75 bits per heavy atom. The van der Waals surface area contributed by atoms with Gasteiger partial charge < -0.3 is 14.5 Å². The molecule has 2 saturated heterocycles. The third-order valence-electron chi connectivity index (χ3n) is 8.24. The zero-order chi connectivity index (χ0) is 25.5. The summed E-state index contributed by atoms with van der Waals surface area (Å²) in [6.45, 7) is 8.17. The fourth-order valence-electron chi connectivity index (χ4n) is 6.58. The molecule has 2 fully saturated rings. The van der Waals surface area contributed by atoms with Crippen molar-refractivity contribution in [1.82, 2.24) is 9.80 Å². The molecule has 6 heteroatoms. The lowest BCUT2D eigenvalue weighted by Gasteiger charge is -2.42. The van der Waals surface area contributed by atoms with Crippen molar-refractivity contribution in [1.29, 1.82) is 0 Å². The van der Waals surface area contributed by atoms with Gasteiger partial charge in [-0.05, 0) is 87.6 Å². The summed E-state index contributed by atoms with van der Waals surface area (Å²) in [5.74, 6) is 0.445. The van der Waals surface area contributed by atoms with Gasteiger partial charge in [0.05, 0.1) is 5.92 Å². The van der Waals surface area contributed by atoms with E-state index >= 15 is 0 Å². The molecule has 5 rings (SSSR count). The van der Waals surface area contributed by atoms with Gasteiger partial charge in [0.2, 0.25) is 5.91 Å². The average Bonchev–Trinajstić information content (AvgIpc) is 3.23. The number of piperidine rings is 1. The van der Waals surface area contributed by atoms with Crippen molar-refractivity contribution in [2.45, 2.75) is 69.8 Å². The van der Waals surface area contributed by atoms with Gasteiger partial charge in [0.15, 0.2) is 0 Å². The molecule has 2 aromatic carbocycles. The Labute approximate surface area is 223 Å². The highest BCUT2D eigenvalue weighted by atomic mass is 79.9. The summed E-state index contributed by atoms with van der Waals surface area (Å²) < 4.78 is 6.82. The van der Waals surface area contributed by atoms with Crippen molar-refractivity contribution in [3.05, 3.63) is 69.7 Å². The van der Waals surface area contributed by atoms with Gasteiger partial charge in [0.25, 0.3) is 0 Å². The highest BCUT2D eigenvalue weighted by Gasteiger charge is 2.55. The van der Waals surface area contributed by atoms with Gasteiger partial charge in [0, 0.05) is 36.1 Å². The van der Waals surface area contributed by atoms with Gasteiger partial charge in [0.1, 0.15) is 5.60 Å². The monoisotopic (exact) mass is 552 g/mol. The lowest BCUT2D eigenvalue weighted by atomic mass is 9.64. The minimum Gasteiger partial charge on any atom is -0.444 e. The van der Waals surface area contributed by atoms with Crippen LogP contribution in [0.1, 0.15) is 69.1 Å². The number of nitrogens with zero attached hydrogens (tertiary/aromatic N) is 2. The maximum atomic E-state index is 14.2. The first-order valence-corrected chi connectivity index (χ1v) is 14.1. The van der Waals surface area contributed by atoms with Crippen molar-refractivity contribution in [3.8, 4) is 0 Å². The molecule has 0 unspecified atom stereocenters. The van der Waals surface area contributed by atoms with E-state index in [1.54, 1.807) is 4.90 Å². The first-order chi connectivity index (χ1) is 17.2. The van der Waals surface area contributed by atoms with E-state index in [4.69, 9.17) is 4.74 Å². The Kier molecular flexibility index (Phi) is 6.92. The smallest absolute Gasteiger partial charge is 0.410 e. The summed E-state index contributed by atoms with van der Waals surface area (Å²) in [5.41, 5.74) is 2.96. The number of likely N-dealkylation sites (tertiary alicyclic amines) is 2. The maximum Gasteiger partial charge on any atom is 0.410 e. The van der Waals surface area contributed by atoms with Crippen LogP contribution >= 0.6 is 15.9 Å². The van der Waals surface area contributed by atoms with Gasteiger partial charge in [-0.3, -0.25) is 4.79 Å². The second-order valence-electron chi connectivity index (χ2n) is 11.7. The number of amides is 2. The summed E-state index contributed by atoms with van der Waals surface area (Å²) in [6, 6.07) is 17.1. The van der Waals surface area contributed by atoms with E-state index < -0.39 is 5.60 Å². The Morgan fingerprint density at radius 1 is 1.03 bits per heavy atom. The molecule has 0 radical (unpaired) electrons. The quantitative estimate of drug-likeness (QED) is 0.439. The Bertz CT molecular complexity index is 1120. The van der Waals surface area contributed by atoms with Gasteiger partial charge in [-0.1, -0.05) is 52.3 Å². The molecule has 1 aliphatic carbocycles. The Hall–Kier alpha value is -2.34. The van der Waals surface area contributed by atoms with Gasteiger partial charge in [-0.15, -0.1) is 0 Å². The summed E-state index contributed by atoms with van der Waals surface area (Å²) in [7, 11) is 0. The van der Waals surface area contributed by atoms with Gasteiger partial charge in [-0.2, -0.15) is 0 Å². The predicted molar refractivity (Wildman–Crippen MR) is 145 cm³/mol. The van der Waals surface area contributed by atoms with E-state index in [9.17, 15) is 9.59 Å². The summed E-state index contributed by atoms with van der Waals surface area (Å²) in [4.78, 5) is 31.2.